The van der Waals surface area contributed by atoms with Crippen LogP contribution < -0.4 is 5.32 Å². The quantitative estimate of drug-likeness (QED) is 0.937. The zero-order valence-electron chi connectivity index (χ0n) is 11.6. The Balaban J connectivity index is 1.91. The van der Waals surface area contributed by atoms with E-state index < -0.39 is 11.7 Å². The SMILES string of the molecule is Cn1cc(CNC2CC2)c(-c2cccc(C(F)(F)F)c2)n1. The van der Waals surface area contributed by atoms with Gasteiger partial charge in [0, 0.05) is 37.0 Å². The van der Waals surface area contributed by atoms with E-state index in [0.29, 0.717) is 23.8 Å². The lowest BCUT2D eigenvalue weighted by Crippen LogP contribution is -2.15. The van der Waals surface area contributed by atoms with E-state index in [-0.39, 0.29) is 0 Å². The summed E-state index contributed by atoms with van der Waals surface area (Å²) < 4.78 is 40.1. The average molecular weight is 295 g/mol. The van der Waals surface area contributed by atoms with E-state index in [1.807, 2.05) is 6.20 Å². The van der Waals surface area contributed by atoms with Gasteiger partial charge in [-0.2, -0.15) is 18.3 Å². The number of rotatable bonds is 4. The van der Waals surface area contributed by atoms with E-state index in [0.717, 1.165) is 17.7 Å². The number of nitrogens with one attached hydrogen (secondary N) is 1. The number of aryl methyl sites for hydroxylation is 1. The molecule has 0 radical (unpaired) electrons. The molecular weight excluding hydrogens is 279 g/mol. The minimum Gasteiger partial charge on any atom is -0.310 e. The van der Waals surface area contributed by atoms with Crippen LogP contribution in [0.2, 0.25) is 0 Å². The normalized spacial score (nSPS) is 15.4. The zero-order chi connectivity index (χ0) is 15.0. The average Bonchev–Trinajstić information content (AvgIpc) is 3.18. The number of alkyl halides is 3. The Morgan fingerprint density at radius 1 is 1.33 bits per heavy atom. The highest BCUT2D eigenvalue weighted by Gasteiger charge is 2.31. The predicted molar refractivity (Wildman–Crippen MR) is 73.5 cm³/mol. The predicted octanol–water partition coefficient (Wildman–Crippen LogP) is 3.36. The van der Waals surface area contributed by atoms with Gasteiger partial charge in [-0.05, 0) is 25.0 Å². The standard InChI is InChI=1S/C15H16F3N3/c1-21-9-11(8-19-13-5-6-13)14(20-21)10-3-2-4-12(7-10)15(16,17)18/h2-4,7,9,13,19H,5-6,8H2,1H3. The largest absolute Gasteiger partial charge is 0.416 e. The molecule has 1 fully saturated rings. The maximum absolute atomic E-state index is 12.8. The molecule has 1 N–H and O–H groups in total. The van der Waals surface area contributed by atoms with Crippen LogP contribution in [0.5, 0.6) is 0 Å². The maximum atomic E-state index is 12.8. The van der Waals surface area contributed by atoms with Crippen LogP contribution in [0, 0.1) is 0 Å². The lowest BCUT2D eigenvalue weighted by Gasteiger charge is -2.09. The van der Waals surface area contributed by atoms with Gasteiger partial charge in [0.05, 0.1) is 11.3 Å². The van der Waals surface area contributed by atoms with Gasteiger partial charge in [-0.15, -0.1) is 0 Å². The van der Waals surface area contributed by atoms with Crippen LogP contribution >= 0.6 is 0 Å². The number of hydrogen-bond acceptors (Lipinski definition) is 2. The number of aromatic nitrogens is 2. The van der Waals surface area contributed by atoms with Gasteiger partial charge < -0.3 is 5.32 Å². The summed E-state index contributed by atoms with van der Waals surface area (Å²) in [5.41, 5.74) is 1.38. The Labute approximate surface area is 120 Å². The second kappa shape index (κ2) is 5.18. The highest BCUT2D eigenvalue weighted by Crippen LogP contribution is 2.32. The summed E-state index contributed by atoms with van der Waals surface area (Å²) in [5.74, 6) is 0. The lowest BCUT2D eigenvalue weighted by atomic mass is 10.0. The molecule has 1 aromatic heterocycles. The third kappa shape index (κ3) is 3.26. The Bertz CT molecular complexity index is 642. The van der Waals surface area contributed by atoms with Gasteiger partial charge in [-0.1, -0.05) is 12.1 Å². The van der Waals surface area contributed by atoms with Crippen LogP contribution in [0.25, 0.3) is 11.3 Å². The van der Waals surface area contributed by atoms with E-state index in [1.54, 1.807) is 17.8 Å². The topological polar surface area (TPSA) is 29.9 Å². The molecule has 112 valence electrons. The van der Waals surface area contributed by atoms with Crippen molar-refractivity contribution in [2.24, 2.45) is 7.05 Å². The molecule has 1 aromatic carbocycles. The van der Waals surface area contributed by atoms with Gasteiger partial charge in [0.1, 0.15) is 0 Å². The fraction of sp³-hybridized carbons (Fsp3) is 0.400. The van der Waals surface area contributed by atoms with Gasteiger partial charge in [0.2, 0.25) is 0 Å². The van der Waals surface area contributed by atoms with E-state index >= 15 is 0 Å². The first-order valence-corrected chi connectivity index (χ1v) is 6.87. The maximum Gasteiger partial charge on any atom is 0.416 e. The second-order valence-electron chi connectivity index (χ2n) is 5.41. The van der Waals surface area contributed by atoms with Crippen molar-refractivity contribution in [2.45, 2.75) is 31.6 Å². The molecule has 1 aliphatic rings. The van der Waals surface area contributed by atoms with Gasteiger partial charge in [-0.3, -0.25) is 4.68 Å². The molecule has 0 unspecified atom stereocenters. The summed E-state index contributed by atoms with van der Waals surface area (Å²) in [6, 6.07) is 5.86. The Morgan fingerprint density at radius 3 is 2.76 bits per heavy atom. The highest BCUT2D eigenvalue weighted by atomic mass is 19.4. The van der Waals surface area contributed by atoms with E-state index in [4.69, 9.17) is 0 Å². The molecule has 6 heteroatoms. The molecule has 3 rings (SSSR count). The van der Waals surface area contributed by atoms with Crippen LogP contribution in [0.3, 0.4) is 0 Å². The van der Waals surface area contributed by atoms with E-state index in [2.05, 4.69) is 10.4 Å². The molecule has 0 amide bonds. The second-order valence-corrected chi connectivity index (χ2v) is 5.41. The molecule has 0 spiro atoms. The van der Waals surface area contributed by atoms with Crippen LogP contribution in [0.1, 0.15) is 24.0 Å². The van der Waals surface area contributed by atoms with Crippen molar-refractivity contribution < 1.29 is 13.2 Å². The van der Waals surface area contributed by atoms with Crippen molar-refractivity contribution in [2.75, 3.05) is 0 Å². The van der Waals surface area contributed by atoms with Gasteiger partial charge in [-0.25, -0.2) is 0 Å². The lowest BCUT2D eigenvalue weighted by molar-refractivity contribution is -0.137. The zero-order valence-corrected chi connectivity index (χ0v) is 11.6. The Kier molecular flexibility index (Phi) is 3.49. The van der Waals surface area contributed by atoms with E-state index in [1.165, 1.54) is 18.9 Å². The molecule has 3 nitrogen and oxygen atoms in total. The molecule has 0 saturated heterocycles. The molecule has 1 aliphatic carbocycles. The molecule has 1 saturated carbocycles. The first-order chi connectivity index (χ1) is 9.93. The Hall–Kier alpha value is -1.82. The van der Waals surface area contributed by atoms with Crippen LogP contribution in [-0.4, -0.2) is 15.8 Å². The summed E-state index contributed by atoms with van der Waals surface area (Å²) in [6.45, 7) is 0.629. The molecule has 0 bridgehead atoms. The summed E-state index contributed by atoms with van der Waals surface area (Å²) in [7, 11) is 1.78. The first-order valence-electron chi connectivity index (χ1n) is 6.87. The van der Waals surface area contributed by atoms with Crippen molar-refractivity contribution in [3.8, 4) is 11.3 Å². The third-order valence-electron chi connectivity index (χ3n) is 3.53. The van der Waals surface area contributed by atoms with Crippen LogP contribution in [0.4, 0.5) is 13.2 Å². The fourth-order valence-electron chi connectivity index (χ4n) is 2.29. The third-order valence-corrected chi connectivity index (χ3v) is 3.53. The van der Waals surface area contributed by atoms with Gasteiger partial charge in [0.25, 0.3) is 0 Å². The minimum atomic E-state index is -4.34. The molecule has 1 heterocycles. The first kappa shape index (κ1) is 14.1. The van der Waals surface area contributed by atoms with Crippen molar-refractivity contribution >= 4 is 0 Å². The number of nitrogens with zero attached hydrogens (tertiary/aromatic N) is 2. The Morgan fingerprint density at radius 2 is 2.10 bits per heavy atom. The minimum absolute atomic E-state index is 0.498. The van der Waals surface area contributed by atoms with Gasteiger partial charge >= 0.3 is 6.18 Å². The van der Waals surface area contributed by atoms with E-state index in [9.17, 15) is 13.2 Å². The highest BCUT2D eigenvalue weighted by molar-refractivity contribution is 5.63. The number of benzene rings is 1. The summed E-state index contributed by atoms with van der Waals surface area (Å²) in [4.78, 5) is 0. The van der Waals surface area contributed by atoms with Crippen molar-refractivity contribution in [1.29, 1.82) is 0 Å². The number of halogens is 3. The van der Waals surface area contributed by atoms with Crippen molar-refractivity contribution in [3.05, 3.63) is 41.6 Å². The van der Waals surface area contributed by atoms with Crippen LogP contribution in [-0.2, 0) is 19.8 Å². The summed E-state index contributed by atoms with van der Waals surface area (Å²) >= 11 is 0. The van der Waals surface area contributed by atoms with Crippen molar-refractivity contribution in [1.82, 2.24) is 15.1 Å². The molecule has 0 aliphatic heterocycles. The molecule has 21 heavy (non-hydrogen) atoms. The molecular formula is C15H16F3N3. The number of hydrogen-bond donors (Lipinski definition) is 1. The molecule has 0 atom stereocenters. The van der Waals surface area contributed by atoms with Gasteiger partial charge in [0.15, 0.2) is 0 Å². The monoisotopic (exact) mass is 295 g/mol. The molecule has 2 aromatic rings. The van der Waals surface area contributed by atoms with Crippen LogP contribution in [0.15, 0.2) is 30.5 Å². The summed E-state index contributed by atoms with van der Waals surface area (Å²) in [6.07, 6.45) is -0.152. The summed E-state index contributed by atoms with van der Waals surface area (Å²) in [5, 5.41) is 7.68. The van der Waals surface area contributed by atoms with Crippen molar-refractivity contribution in [3.63, 3.8) is 0 Å². The smallest absolute Gasteiger partial charge is 0.310 e. The fourth-order valence-corrected chi connectivity index (χ4v) is 2.29.